The molecule has 0 aliphatic carbocycles. The molecular weight excluding hydrogens is 224 g/mol. The molecule has 1 rings (SSSR count). The number of hydrogen-bond acceptors (Lipinski definition) is 3. The van der Waals surface area contributed by atoms with Gasteiger partial charge in [-0.05, 0) is 25.5 Å². The van der Waals surface area contributed by atoms with E-state index in [1.165, 1.54) is 6.92 Å². The summed E-state index contributed by atoms with van der Waals surface area (Å²) in [6, 6.07) is 0. The molecule has 0 unspecified atom stereocenters. The number of carboxylic acids is 2. The quantitative estimate of drug-likeness (QED) is 0.560. The molecule has 0 radical (unpaired) electrons. The van der Waals surface area contributed by atoms with E-state index in [0.717, 1.165) is 13.0 Å². The maximum absolute atomic E-state index is 11.1. The van der Waals surface area contributed by atoms with Crippen molar-refractivity contribution in [3.05, 3.63) is 22.5 Å². The molecule has 17 heavy (non-hydrogen) atoms. The van der Waals surface area contributed by atoms with Crippen LogP contribution in [0, 0.1) is 6.92 Å². The van der Waals surface area contributed by atoms with Gasteiger partial charge in [0.15, 0.2) is 0 Å². The first-order valence-corrected chi connectivity index (χ1v) is 5.37. The second kappa shape index (κ2) is 5.49. The van der Waals surface area contributed by atoms with E-state index in [1.807, 2.05) is 6.92 Å². The van der Waals surface area contributed by atoms with Gasteiger partial charge in [0, 0.05) is 12.2 Å². The molecule has 0 spiro atoms. The van der Waals surface area contributed by atoms with E-state index in [4.69, 9.17) is 10.2 Å². The van der Waals surface area contributed by atoms with Crippen molar-refractivity contribution in [1.29, 1.82) is 0 Å². The van der Waals surface area contributed by atoms with Gasteiger partial charge in [-0.2, -0.15) is 0 Å². The lowest BCUT2D eigenvalue weighted by molar-refractivity contribution is 0.0687. The topological polar surface area (TPSA) is 102 Å². The zero-order chi connectivity index (χ0) is 13.0. The van der Waals surface area contributed by atoms with E-state index in [0.29, 0.717) is 12.2 Å². The van der Waals surface area contributed by atoms with Gasteiger partial charge in [-0.15, -0.1) is 0 Å². The number of aromatic amines is 1. The zero-order valence-corrected chi connectivity index (χ0v) is 9.83. The van der Waals surface area contributed by atoms with Gasteiger partial charge in [0.25, 0.3) is 0 Å². The Kier molecular flexibility index (Phi) is 4.28. The van der Waals surface area contributed by atoms with E-state index >= 15 is 0 Å². The van der Waals surface area contributed by atoms with Crippen LogP contribution in [0.2, 0.25) is 0 Å². The summed E-state index contributed by atoms with van der Waals surface area (Å²) >= 11 is 0. The van der Waals surface area contributed by atoms with E-state index in [2.05, 4.69) is 10.3 Å². The Morgan fingerprint density at radius 1 is 1.29 bits per heavy atom. The second-order valence-corrected chi connectivity index (χ2v) is 3.77. The summed E-state index contributed by atoms with van der Waals surface area (Å²) in [6.45, 7) is 4.56. The van der Waals surface area contributed by atoms with Gasteiger partial charge in [0.2, 0.25) is 0 Å². The molecule has 0 bridgehead atoms. The van der Waals surface area contributed by atoms with Crippen molar-refractivity contribution in [2.24, 2.45) is 0 Å². The van der Waals surface area contributed by atoms with Crippen LogP contribution in [-0.4, -0.2) is 33.7 Å². The van der Waals surface area contributed by atoms with Crippen LogP contribution in [0.5, 0.6) is 0 Å². The Morgan fingerprint density at radius 3 is 2.41 bits per heavy atom. The van der Waals surface area contributed by atoms with Crippen LogP contribution in [0.15, 0.2) is 0 Å². The average molecular weight is 240 g/mol. The molecule has 0 amide bonds. The lowest BCUT2D eigenvalue weighted by atomic mass is 10.1. The fraction of sp³-hybridized carbons (Fsp3) is 0.455. The fourth-order valence-corrected chi connectivity index (χ4v) is 1.68. The number of hydrogen-bond donors (Lipinski definition) is 4. The number of nitrogens with one attached hydrogen (secondary N) is 2. The average Bonchev–Trinajstić information content (AvgIpc) is 2.56. The van der Waals surface area contributed by atoms with Crippen molar-refractivity contribution < 1.29 is 19.8 Å². The minimum Gasteiger partial charge on any atom is -0.478 e. The third-order valence-corrected chi connectivity index (χ3v) is 2.48. The fourth-order valence-electron chi connectivity index (χ4n) is 1.68. The molecule has 1 aromatic rings. The molecule has 6 heteroatoms. The maximum Gasteiger partial charge on any atom is 0.352 e. The number of rotatable bonds is 6. The van der Waals surface area contributed by atoms with Crippen molar-refractivity contribution in [2.75, 3.05) is 6.54 Å². The first kappa shape index (κ1) is 13.2. The molecule has 0 atom stereocenters. The number of carbonyl (C=O) groups is 2. The van der Waals surface area contributed by atoms with Crippen LogP contribution >= 0.6 is 0 Å². The molecule has 0 saturated carbocycles. The number of carboxylic acid groups (broad SMARTS) is 2. The highest BCUT2D eigenvalue weighted by molar-refractivity contribution is 5.97. The van der Waals surface area contributed by atoms with Crippen LogP contribution in [0.1, 0.15) is 45.4 Å². The normalized spacial score (nSPS) is 10.5. The van der Waals surface area contributed by atoms with Crippen LogP contribution in [0.25, 0.3) is 0 Å². The maximum atomic E-state index is 11.1. The van der Waals surface area contributed by atoms with E-state index in [-0.39, 0.29) is 16.8 Å². The highest BCUT2D eigenvalue weighted by Gasteiger charge is 2.22. The van der Waals surface area contributed by atoms with Crippen LogP contribution in [-0.2, 0) is 6.54 Å². The summed E-state index contributed by atoms with van der Waals surface area (Å²) in [5, 5.41) is 21.0. The second-order valence-electron chi connectivity index (χ2n) is 3.77. The van der Waals surface area contributed by atoms with Gasteiger partial charge in [-0.1, -0.05) is 6.92 Å². The largest absolute Gasteiger partial charge is 0.478 e. The Morgan fingerprint density at radius 2 is 1.94 bits per heavy atom. The first-order chi connectivity index (χ1) is 7.99. The van der Waals surface area contributed by atoms with Gasteiger partial charge < -0.3 is 20.5 Å². The highest BCUT2D eigenvalue weighted by atomic mass is 16.4. The van der Waals surface area contributed by atoms with Gasteiger partial charge >= 0.3 is 11.9 Å². The van der Waals surface area contributed by atoms with Crippen molar-refractivity contribution in [2.45, 2.75) is 26.8 Å². The third kappa shape index (κ3) is 2.85. The lowest BCUT2D eigenvalue weighted by Crippen LogP contribution is -2.16. The van der Waals surface area contributed by atoms with Crippen molar-refractivity contribution >= 4 is 11.9 Å². The number of aromatic carboxylic acids is 2. The van der Waals surface area contributed by atoms with Crippen LogP contribution in [0.4, 0.5) is 0 Å². The molecule has 0 aromatic carbocycles. The van der Waals surface area contributed by atoms with Gasteiger partial charge in [0.1, 0.15) is 5.69 Å². The molecule has 0 fully saturated rings. The number of H-pyrrole nitrogens is 1. The Hall–Kier alpha value is -1.82. The summed E-state index contributed by atoms with van der Waals surface area (Å²) < 4.78 is 0. The molecule has 1 heterocycles. The summed E-state index contributed by atoms with van der Waals surface area (Å²) in [4.78, 5) is 24.6. The molecule has 0 saturated heterocycles. The standard InChI is InChI=1S/C11H16N2O4/c1-3-4-12-5-7-8(10(14)15)6(2)9(13-7)11(16)17/h12-13H,3-5H2,1-2H3,(H,14,15)(H,16,17). The zero-order valence-electron chi connectivity index (χ0n) is 9.83. The Labute approximate surface area is 98.7 Å². The summed E-state index contributed by atoms with van der Waals surface area (Å²) in [7, 11) is 0. The predicted molar refractivity (Wildman–Crippen MR) is 61.4 cm³/mol. The highest BCUT2D eigenvalue weighted by Crippen LogP contribution is 2.18. The molecule has 0 aliphatic rings. The number of aromatic nitrogens is 1. The Bertz CT molecular complexity index is 437. The third-order valence-electron chi connectivity index (χ3n) is 2.48. The van der Waals surface area contributed by atoms with Gasteiger partial charge in [0.05, 0.1) is 5.56 Å². The van der Waals surface area contributed by atoms with Gasteiger partial charge in [-0.3, -0.25) is 0 Å². The van der Waals surface area contributed by atoms with Crippen LogP contribution < -0.4 is 5.32 Å². The SMILES string of the molecule is CCCNCc1[nH]c(C(=O)O)c(C)c1C(=O)O. The molecule has 94 valence electrons. The molecule has 4 N–H and O–H groups in total. The Balaban J connectivity index is 3.06. The van der Waals surface area contributed by atoms with Crippen molar-refractivity contribution in [3.8, 4) is 0 Å². The summed E-state index contributed by atoms with van der Waals surface area (Å²) in [5.41, 5.74) is 0.654. The van der Waals surface area contributed by atoms with Crippen molar-refractivity contribution in [1.82, 2.24) is 10.3 Å². The lowest BCUT2D eigenvalue weighted by Gasteiger charge is -2.02. The smallest absolute Gasteiger partial charge is 0.352 e. The van der Waals surface area contributed by atoms with E-state index in [1.54, 1.807) is 0 Å². The van der Waals surface area contributed by atoms with Gasteiger partial charge in [-0.25, -0.2) is 9.59 Å². The van der Waals surface area contributed by atoms with E-state index < -0.39 is 11.9 Å². The molecular formula is C11H16N2O4. The summed E-state index contributed by atoms with van der Waals surface area (Å²) in [6.07, 6.45) is 0.924. The van der Waals surface area contributed by atoms with Crippen molar-refractivity contribution in [3.63, 3.8) is 0 Å². The molecule has 6 nitrogen and oxygen atoms in total. The van der Waals surface area contributed by atoms with Crippen LogP contribution in [0.3, 0.4) is 0 Å². The summed E-state index contributed by atoms with van der Waals surface area (Å²) in [5.74, 6) is -2.26. The molecule has 1 aromatic heterocycles. The predicted octanol–water partition coefficient (Wildman–Crippen LogP) is 1.22. The first-order valence-electron chi connectivity index (χ1n) is 5.37. The monoisotopic (exact) mass is 240 g/mol. The van der Waals surface area contributed by atoms with E-state index in [9.17, 15) is 9.59 Å². The minimum absolute atomic E-state index is 0.0472. The molecule has 0 aliphatic heterocycles. The minimum atomic E-state index is -1.15.